The van der Waals surface area contributed by atoms with Crippen LogP contribution in [0.25, 0.3) is 6.08 Å². The zero-order valence-corrected chi connectivity index (χ0v) is 14.4. The van der Waals surface area contributed by atoms with Crippen LogP contribution in [0.4, 0.5) is 0 Å². The van der Waals surface area contributed by atoms with Crippen molar-refractivity contribution < 1.29 is 14.3 Å². The Hall–Kier alpha value is -2.18. The standard InChI is InChI=1S/C19H25N3O3/c23-18(20-9-10-22-11-13-25-14-12-22)8-3-15-1-4-16(5-2-15)19(24)21-17-6-7-17/h1-5,8,17H,6-7,9-14H2,(H,20,23)(H,21,24)/b8-3+. The van der Waals surface area contributed by atoms with Crippen molar-refractivity contribution in [3.05, 3.63) is 41.5 Å². The smallest absolute Gasteiger partial charge is 0.251 e. The Labute approximate surface area is 148 Å². The van der Waals surface area contributed by atoms with E-state index in [4.69, 9.17) is 4.74 Å². The number of rotatable bonds is 7. The van der Waals surface area contributed by atoms with E-state index in [1.54, 1.807) is 18.2 Å². The van der Waals surface area contributed by atoms with Gasteiger partial charge in [0.15, 0.2) is 0 Å². The molecule has 1 heterocycles. The molecule has 2 fully saturated rings. The molecule has 1 aliphatic carbocycles. The number of morpholine rings is 1. The van der Waals surface area contributed by atoms with Gasteiger partial charge >= 0.3 is 0 Å². The van der Waals surface area contributed by atoms with E-state index < -0.39 is 0 Å². The molecule has 0 radical (unpaired) electrons. The van der Waals surface area contributed by atoms with Gasteiger partial charge in [0.05, 0.1) is 13.2 Å². The predicted molar refractivity (Wildman–Crippen MR) is 96.2 cm³/mol. The zero-order valence-electron chi connectivity index (χ0n) is 14.4. The lowest BCUT2D eigenvalue weighted by Gasteiger charge is -2.26. The maximum absolute atomic E-state index is 11.9. The lowest BCUT2D eigenvalue weighted by atomic mass is 10.1. The van der Waals surface area contributed by atoms with E-state index >= 15 is 0 Å². The number of nitrogens with zero attached hydrogens (tertiary/aromatic N) is 1. The van der Waals surface area contributed by atoms with Crippen LogP contribution in [0.3, 0.4) is 0 Å². The molecule has 0 bridgehead atoms. The van der Waals surface area contributed by atoms with Crippen LogP contribution in [-0.4, -0.2) is 62.1 Å². The maximum Gasteiger partial charge on any atom is 0.251 e. The molecule has 0 spiro atoms. The van der Waals surface area contributed by atoms with Crippen LogP contribution in [0.2, 0.25) is 0 Å². The molecule has 2 aliphatic rings. The van der Waals surface area contributed by atoms with Crippen molar-refractivity contribution in [3.8, 4) is 0 Å². The Morgan fingerprint density at radius 1 is 1.16 bits per heavy atom. The largest absolute Gasteiger partial charge is 0.379 e. The summed E-state index contributed by atoms with van der Waals surface area (Å²) in [6, 6.07) is 7.62. The van der Waals surface area contributed by atoms with Crippen LogP contribution in [0.5, 0.6) is 0 Å². The third-order valence-electron chi connectivity index (χ3n) is 4.34. The molecule has 0 atom stereocenters. The van der Waals surface area contributed by atoms with Gasteiger partial charge in [-0.3, -0.25) is 14.5 Å². The predicted octanol–water partition coefficient (Wildman–Crippen LogP) is 1.04. The summed E-state index contributed by atoms with van der Waals surface area (Å²) in [4.78, 5) is 26.0. The van der Waals surface area contributed by atoms with Crippen molar-refractivity contribution in [1.82, 2.24) is 15.5 Å². The highest BCUT2D eigenvalue weighted by atomic mass is 16.5. The minimum absolute atomic E-state index is 0.0288. The molecule has 2 N–H and O–H groups in total. The lowest BCUT2D eigenvalue weighted by molar-refractivity contribution is -0.116. The first-order valence-electron chi connectivity index (χ1n) is 8.88. The highest BCUT2D eigenvalue weighted by molar-refractivity contribution is 5.95. The van der Waals surface area contributed by atoms with Crippen molar-refractivity contribution in [1.29, 1.82) is 0 Å². The van der Waals surface area contributed by atoms with Crippen molar-refractivity contribution in [2.75, 3.05) is 39.4 Å². The van der Waals surface area contributed by atoms with E-state index in [9.17, 15) is 9.59 Å². The normalized spacial score (nSPS) is 18.2. The summed E-state index contributed by atoms with van der Waals surface area (Å²) in [7, 11) is 0. The average molecular weight is 343 g/mol. The van der Waals surface area contributed by atoms with Gasteiger partial charge in [-0.2, -0.15) is 0 Å². The Morgan fingerprint density at radius 2 is 1.88 bits per heavy atom. The number of nitrogens with one attached hydrogen (secondary N) is 2. The summed E-state index contributed by atoms with van der Waals surface area (Å²) >= 11 is 0. The molecule has 1 aromatic rings. The minimum atomic E-state index is -0.108. The Kier molecular flexibility index (Phi) is 6.19. The third kappa shape index (κ3) is 5.99. The van der Waals surface area contributed by atoms with Crippen molar-refractivity contribution in [3.63, 3.8) is 0 Å². The minimum Gasteiger partial charge on any atom is -0.379 e. The number of hydrogen-bond donors (Lipinski definition) is 2. The Morgan fingerprint density at radius 3 is 2.56 bits per heavy atom. The van der Waals surface area contributed by atoms with Crippen LogP contribution >= 0.6 is 0 Å². The van der Waals surface area contributed by atoms with Crippen LogP contribution in [0, 0.1) is 0 Å². The molecule has 134 valence electrons. The summed E-state index contributed by atoms with van der Waals surface area (Å²) < 4.78 is 5.29. The molecule has 6 nitrogen and oxygen atoms in total. The molecule has 0 aromatic heterocycles. The first-order valence-corrected chi connectivity index (χ1v) is 8.88. The van der Waals surface area contributed by atoms with Gasteiger partial charge in [-0.05, 0) is 36.6 Å². The summed E-state index contributed by atoms with van der Waals surface area (Å²) in [5, 5.41) is 5.84. The monoisotopic (exact) mass is 343 g/mol. The number of hydrogen-bond acceptors (Lipinski definition) is 4. The molecular weight excluding hydrogens is 318 g/mol. The second-order valence-electron chi connectivity index (χ2n) is 6.45. The van der Waals surface area contributed by atoms with E-state index in [1.165, 1.54) is 6.08 Å². The quantitative estimate of drug-likeness (QED) is 0.726. The molecule has 0 unspecified atom stereocenters. The first-order chi connectivity index (χ1) is 12.2. The number of carbonyl (C=O) groups is 2. The van der Waals surface area contributed by atoms with Gasteiger partial charge in [0.1, 0.15) is 0 Å². The van der Waals surface area contributed by atoms with E-state index in [1.807, 2.05) is 12.1 Å². The Bertz CT molecular complexity index is 617. The van der Waals surface area contributed by atoms with E-state index in [0.29, 0.717) is 18.2 Å². The van der Waals surface area contributed by atoms with Gasteiger partial charge < -0.3 is 15.4 Å². The highest BCUT2D eigenvalue weighted by Crippen LogP contribution is 2.19. The number of benzene rings is 1. The van der Waals surface area contributed by atoms with Gasteiger partial charge in [0.25, 0.3) is 5.91 Å². The highest BCUT2D eigenvalue weighted by Gasteiger charge is 2.23. The number of amides is 2. The van der Waals surface area contributed by atoms with E-state index in [0.717, 1.165) is 51.3 Å². The van der Waals surface area contributed by atoms with Crippen molar-refractivity contribution in [2.24, 2.45) is 0 Å². The lowest BCUT2D eigenvalue weighted by Crippen LogP contribution is -2.41. The number of ether oxygens (including phenoxy) is 1. The SMILES string of the molecule is O=C(/C=C/c1ccc(C(=O)NC2CC2)cc1)NCCN1CCOCC1. The molecule has 1 saturated heterocycles. The van der Waals surface area contributed by atoms with Gasteiger partial charge in [-0.15, -0.1) is 0 Å². The van der Waals surface area contributed by atoms with Crippen LogP contribution in [0.15, 0.2) is 30.3 Å². The first kappa shape index (κ1) is 17.6. The fraction of sp³-hybridized carbons (Fsp3) is 0.474. The molecule has 6 heteroatoms. The molecular formula is C19H25N3O3. The van der Waals surface area contributed by atoms with Gasteiger partial charge in [0.2, 0.25) is 5.91 Å². The third-order valence-corrected chi connectivity index (χ3v) is 4.34. The molecule has 1 saturated carbocycles. The van der Waals surface area contributed by atoms with Gasteiger partial charge in [-0.25, -0.2) is 0 Å². The summed E-state index contributed by atoms with van der Waals surface area (Å²) in [5.41, 5.74) is 1.55. The van der Waals surface area contributed by atoms with E-state index in [2.05, 4.69) is 15.5 Å². The topological polar surface area (TPSA) is 70.7 Å². The molecule has 2 amide bonds. The molecule has 25 heavy (non-hydrogen) atoms. The van der Waals surface area contributed by atoms with Gasteiger partial charge in [0, 0.05) is 43.9 Å². The fourth-order valence-corrected chi connectivity index (χ4v) is 2.63. The molecule has 1 aromatic carbocycles. The van der Waals surface area contributed by atoms with Crippen LogP contribution in [-0.2, 0) is 9.53 Å². The van der Waals surface area contributed by atoms with Gasteiger partial charge in [-0.1, -0.05) is 12.1 Å². The second kappa shape index (κ2) is 8.78. The molecule has 3 rings (SSSR count). The van der Waals surface area contributed by atoms with E-state index in [-0.39, 0.29) is 11.8 Å². The summed E-state index contributed by atoms with van der Waals surface area (Å²) in [5.74, 6) is -0.136. The Balaban J connectivity index is 1.39. The average Bonchev–Trinajstić information content (AvgIpc) is 3.45. The molecule has 1 aliphatic heterocycles. The maximum atomic E-state index is 11.9. The second-order valence-corrected chi connectivity index (χ2v) is 6.45. The van der Waals surface area contributed by atoms with Crippen LogP contribution in [0.1, 0.15) is 28.8 Å². The summed E-state index contributed by atoms with van der Waals surface area (Å²) in [6.07, 6.45) is 5.44. The van der Waals surface area contributed by atoms with Crippen molar-refractivity contribution in [2.45, 2.75) is 18.9 Å². The van der Waals surface area contributed by atoms with Crippen molar-refractivity contribution >= 4 is 17.9 Å². The van der Waals surface area contributed by atoms with Crippen LogP contribution < -0.4 is 10.6 Å². The zero-order chi connectivity index (χ0) is 17.5. The summed E-state index contributed by atoms with van der Waals surface area (Å²) in [6.45, 7) is 4.85. The number of carbonyl (C=O) groups excluding carboxylic acids is 2. The fourth-order valence-electron chi connectivity index (χ4n) is 2.63.